The summed E-state index contributed by atoms with van der Waals surface area (Å²) >= 11 is 13.0. The summed E-state index contributed by atoms with van der Waals surface area (Å²) in [7, 11) is 0. The predicted molar refractivity (Wildman–Crippen MR) is 69.1 cm³/mol. The molecule has 1 N–H and O–H groups in total. The van der Waals surface area contributed by atoms with Crippen molar-refractivity contribution in [3.63, 3.8) is 0 Å². The first kappa shape index (κ1) is 12.3. The van der Waals surface area contributed by atoms with Gasteiger partial charge in [0.15, 0.2) is 5.13 Å². The molecule has 2 aromatic rings. The highest BCUT2D eigenvalue weighted by molar-refractivity contribution is 7.13. The molecule has 0 aliphatic carbocycles. The Labute approximate surface area is 112 Å². The molecular formula is C10H7Cl2N3OS. The zero-order valence-corrected chi connectivity index (χ0v) is 11.0. The van der Waals surface area contributed by atoms with Crippen LogP contribution in [0.4, 0.5) is 5.13 Å². The number of halogens is 2. The van der Waals surface area contributed by atoms with Crippen molar-refractivity contribution in [2.45, 2.75) is 6.92 Å². The summed E-state index contributed by atoms with van der Waals surface area (Å²) in [5, 5.41) is 5.38. The Balaban J connectivity index is 2.23. The number of hydrogen-bond acceptors (Lipinski definition) is 4. The number of carbonyl (C=O) groups is 1. The zero-order valence-electron chi connectivity index (χ0n) is 8.70. The van der Waals surface area contributed by atoms with Gasteiger partial charge in [0.25, 0.3) is 5.91 Å². The first-order chi connectivity index (χ1) is 8.08. The minimum absolute atomic E-state index is 0.0898. The summed E-state index contributed by atoms with van der Waals surface area (Å²) < 4.78 is 0. The van der Waals surface area contributed by atoms with Crippen molar-refractivity contribution in [2.24, 2.45) is 0 Å². The van der Waals surface area contributed by atoms with Crippen LogP contribution in [0.25, 0.3) is 0 Å². The molecule has 0 saturated heterocycles. The van der Waals surface area contributed by atoms with Crippen molar-refractivity contribution in [3.05, 3.63) is 39.1 Å². The maximum atomic E-state index is 11.8. The van der Waals surface area contributed by atoms with Gasteiger partial charge in [-0.25, -0.2) is 9.97 Å². The Bertz CT molecular complexity index is 570. The van der Waals surface area contributed by atoms with E-state index in [-0.39, 0.29) is 10.7 Å². The fraction of sp³-hybridized carbons (Fsp3) is 0.100. The molecule has 0 unspecified atom stereocenters. The molecule has 17 heavy (non-hydrogen) atoms. The van der Waals surface area contributed by atoms with E-state index in [4.69, 9.17) is 23.2 Å². The molecule has 88 valence electrons. The van der Waals surface area contributed by atoms with Crippen molar-refractivity contribution in [3.8, 4) is 0 Å². The van der Waals surface area contributed by atoms with Crippen LogP contribution in [0.15, 0.2) is 17.6 Å². The molecule has 0 aromatic carbocycles. The molecule has 1 amide bonds. The van der Waals surface area contributed by atoms with Crippen molar-refractivity contribution in [1.82, 2.24) is 9.97 Å². The van der Waals surface area contributed by atoms with Gasteiger partial charge in [0.1, 0.15) is 5.69 Å². The number of pyridine rings is 1. The van der Waals surface area contributed by atoms with Gasteiger partial charge in [-0.1, -0.05) is 23.2 Å². The van der Waals surface area contributed by atoms with Crippen LogP contribution in [0.3, 0.4) is 0 Å². The van der Waals surface area contributed by atoms with E-state index in [0.29, 0.717) is 10.2 Å². The number of carbonyl (C=O) groups excluding carboxylic acids is 1. The second-order valence-corrected chi connectivity index (χ2v) is 4.85. The monoisotopic (exact) mass is 287 g/mol. The van der Waals surface area contributed by atoms with Gasteiger partial charge < -0.3 is 0 Å². The number of anilines is 1. The van der Waals surface area contributed by atoms with E-state index in [1.165, 1.54) is 23.6 Å². The highest BCUT2D eigenvalue weighted by atomic mass is 35.5. The lowest BCUT2D eigenvalue weighted by atomic mass is 10.3. The van der Waals surface area contributed by atoms with Crippen LogP contribution >= 0.6 is 34.5 Å². The maximum Gasteiger partial charge on any atom is 0.277 e. The first-order valence-electron chi connectivity index (χ1n) is 4.61. The van der Waals surface area contributed by atoms with E-state index in [1.807, 2.05) is 12.3 Å². The third-order valence-electron chi connectivity index (χ3n) is 1.90. The van der Waals surface area contributed by atoms with Gasteiger partial charge >= 0.3 is 0 Å². The smallest absolute Gasteiger partial charge is 0.277 e. The minimum Gasteiger partial charge on any atom is -0.296 e. The maximum absolute atomic E-state index is 11.8. The second kappa shape index (κ2) is 5.00. The molecule has 0 aliphatic rings. The summed E-state index contributed by atoms with van der Waals surface area (Å²) in [4.78, 5) is 19.8. The van der Waals surface area contributed by atoms with E-state index < -0.39 is 5.91 Å². The first-order valence-corrected chi connectivity index (χ1v) is 6.25. The van der Waals surface area contributed by atoms with Gasteiger partial charge in [0.2, 0.25) is 0 Å². The van der Waals surface area contributed by atoms with Gasteiger partial charge in [-0.3, -0.25) is 10.1 Å². The van der Waals surface area contributed by atoms with Gasteiger partial charge in [-0.2, -0.15) is 0 Å². The van der Waals surface area contributed by atoms with Gasteiger partial charge in [-0.05, 0) is 13.0 Å². The van der Waals surface area contributed by atoms with Crippen LogP contribution in [-0.4, -0.2) is 15.9 Å². The average Bonchev–Trinajstić information content (AvgIpc) is 2.68. The van der Waals surface area contributed by atoms with Crippen molar-refractivity contribution < 1.29 is 4.79 Å². The number of rotatable bonds is 2. The molecule has 7 heteroatoms. The largest absolute Gasteiger partial charge is 0.296 e. The SMILES string of the molecule is Cc1csc(NC(=O)c2nccc(Cl)c2Cl)n1. The zero-order chi connectivity index (χ0) is 12.4. The lowest BCUT2D eigenvalue weighted by Crippen LogP contribution is -2.14. The van der Waals surface area contributed by atoms with Gasteiger partial charge in [0, 0.05) is 11.6 Å². The molecular weight excluding hydrogens is 281 g/mol. The van der Waals surface area contributed by atoms with Crippen LogP contribution in [-0.2, 0) is 0 Å². The Morgan fingerprint density at radius 1 is 1.47 bits per heavy atom. The molecule has 0 aliphatic heterocycles. The Morgan fingerprint density at radius 3 is 2.88 bits per heavy atom. The van der Waals surface area contributed by atoms with Crippen LogP contribution in [0.1, 0.15) is 16.2 Å². The molecule has 2 rings (SSSR count). The number of amides is 1. The Morgan fingerprint density at radius 2 is 2.24 bits per heavy atom. The standard InChI is InChI=1S/C10H7Cl2N3OS/c1-5-4-17-10(14-5)15-9(16)8-7(12)6(11)2-3-13-8/h2-4H,1H3,(H,14,15,16). The molecule has 0 radical (unpaired) electrons. The summed E-state index contributed by atoms with van der Waals surface area (Å²) in [6.45, 7) is 1.84. The molecule has 4 nitrogen and oxygen atoms in total. The van der Waals surface area contributed by atoms with Gasteiger partial charge in [-0.15, -0.1) is 11.3 Å². The normalized spacial score (nSPS) is 10.3. The van der Waals surface area contributed by atoms with E-state index in [9.17, 15) is 4.79 Å². The van der Waals surface area contributed by atoms with E-state index in [1.54, 1.807) is 0 Å². The summed E-state index contributed by atoms with van der Waals surface area (Å²) in [5.41, 5.74) is 0.933. The predicted octanol–water partition coefficient (Wildman–Crippen LogP) is 3.41. The van der Waals surface area contributed by atoms with Crippen LogP contribution in [0, 0.1) is 6.92 Å². The summed E-state index contributed by atoms with van der Waals surface area (Å²) in [5.74, 6) is -0.424. The highest BCUT2D eigenvalue weighted by Gasteiger charge is 2.15. The lowest BCUT2D eigenvalue weighted by molar-refractivity contribution is 0.102. The molecule has 0 atom stereocenters. The number of aromatic nitrogens is 2. The Kier molecular flexibility index (Phi) is 3.61. The quantitative estimate of drug-likeness (QED) is 0.921. The van der Waals surface area contributed by atoms with E-state index >= 15 is 0 Å². The summed E-state index contributed by atoms with van der Waals surface area (Å²) in [6, 6.07) is 1.52. The van der Waals surface area contributed by atoms with Crippen molar-refractivity contribution in [1.29, 1.82) is 0 Å². The van der Waals surface area contributed by atoms with Crippen LogP contribution in [0.5, 0.6) is 0 Å². The number of nitrogens with zero attached hydrogens (tertiary/aromatic N) is 2. The average molecular weight is 288 g/mol. The fourth-order valence-electron chi connectivity index (χ4n) is 1.15. The molecule has 0 spiro atoms. The fourth-order valence-corrected chi connectivity index (χ4v) is 2.17. The molecule has 0 fully saturated rings. The Hall–Kier alpha value is -1.17. The van der Waals surface area contributed by atoms with Crippen LogP contribution in [0.2, 0.25) is 10.0 Å². The molecule has 2 heterocycles. The highest BCUT2D eigenvalue weighted by Crippen LogP contribution is 2.24. The summed E-state index contributed by atoms with van der Waals surface area (Å²) in [6.07, 6.45) is 1.43. The molecule has 0 bridgehead atoms. The second-order valence-electron chi connectivity index (χ2n) is 3.20. The topological polar surface area (TPSA) is 54.9 Å². The number of aryl methyl sites for hydroxylation is 1. The van der Waals surface area contributed by atoms with Crippen molar-refractivity contribution in [2.75, 3.05) is 5.32 Å². The third kappa shape index (κ3) is 2.74. The van der Waals surface area contributed by atoms with E-state index in [2.05, 4.69) is 15.3 Å². The number of thiazole rings is 1. The number of hydrogen-bond donors (Lipinski definition) is 1. The van der Waals surface area contributed by atoms with E-state index in [0.717, 1.165) is 5.69 Å². The molecule has 2 aromatic heterocycles. The number of nitrogens with one attached hydrogen (secondary N) is 1. The molecule has 0 saturated carbocycles. The lowest BCUT2D eigenvalue weighted by Gasteiger charge is -2.03. The minimum atomic E-state index is -0.424. The van der Waals surface area contributed by atoms with Crippen molar-refractivity contribution >= 4 is 45.6 Å². The van der Waals surface area contributed by atoms with Gasteiger partial charge in [0.05, 0.1) is 15.7 Å². The van der Waals surface area contributed by atoms with Crippen LogP contribution < -0.4 is 5.32 Å². The third-order valence-corrected chi connectivity index (χ3v) is 3.57.